The summed E-state index contributed by atoms with van der Waals surface area (Å²) in [7, 11) is 1.62. The topological polar surface area (TPSA) is 42.1 Å². The molecule has 2 aromatic rings. The molecule has 0 spiro atoms. The highest BCUT2D eigenvalue weighted by Gasteiger charge is 2.03. The molecule has 0 amide bonds. The number of hydrogen-bond acceptors (Lipinski definition) is 2. The maximum absolute atomic E-state index is 11.5. The van der Waals surface area contributed by atoms with Crippen molar-refractivity contribution < 1.29 is 4.74 Å². The van der Waals surface area contributed by atoms with Crippen molar-refractivity contribution in [1.82, 2.24) is 4.98 Å². The Labute approximate surface area is 81.3 Å². The van der Waals surface area contributed by atoms with Crippen LogP contribution in [0.4, 0.5) is 0 Å². The summed E-state index contributed by atoms with van der Waals surface area (Å²) in [5, 5.41) is 0.700. The van der Waals surface area contributed by atoms with E-state index in [-0.39, 0.29) is 5.43 Å². The van der Waals surface area contributed by atoms with Gasteiger partial charge in [-0.1, -0.05) is 0 Å². The van der Waals surface area contributed by atoms with Crippen molar-refractivity contribution in [2.24, 2.45) is 0 Å². The van der Waals surface area contributed by atoms with Gasteiger partial charge in [0.1, 0.15) is 5.75 Å². The number of ether oxygens (including phenoxy) is 1. The molecule has 14 heavy (non-hydrogen) atoms. The Morgan fingerprint density at radius 3 is 2.86 bits per heavy atom. The minimum Gasteiger partial charge on any atom is -0.496 e. The quantitative estimate of drug-likeness (QED) is 0.743. The lowest BCUT2D eigenvalue weighted by Crippen LogP contribution is -2.01. The zero-order valence-electron chi connectivity index (χ0n) is 8.13. The third-order valence-corrected chi connectivity index (χ3v) is 2.27. The minimum absolute atomic E-state index is 0.0319. The van der Waals surface area contributed by atoms with Crippen LogP contribution in [-0.4, -0.2) is 12.1 Å². The van der Waals surface area contributed by atoms with E-state index in [2.05, 4.69) is 4.98 Å². The van der Waals surface area contributed by atoms with E-state index in [9.17, 15) is 4.79 Å². The van der Waals surface area contributed by atoms with Crippen molar-refractivity contribution in [3.63, 3.8) is 0 Å². The smallest absolute Gasteiger partial charge is 0.189 e. The van der Waals surface area contributed by atoms with Crippen LogP contribution in [0.2, 0.25) is 0 Å². The third-order valence-electron chi connectivity index (χ3n) is 2.27. The first-order valence-electron chi connectivity index (χ1n) is 4.38. The summed E-state index contributed by atoms with van der Waals surface area (Å²) in [5.74, 6) is 0.791. The summed E-state index contributed by atoms with van der Waals surface area (Å²) in [6.07, 6.45) is 1.64. The molecule has 3 heteroatoms. The zero-order valence-corrected chi connectivity index (χ0v) is 8.13. The molecule has 0 atom stereocenters. The number of aryl methyl sites for hydroxylation is 1. The lowest BCUT2D eigenvalue weighted by molar-refractivity contribution is 0.412. The van der Waals surface area contributed by atoms with Gasteiger partial charge in [-0.3, -0.25) is 4.79 Å². The molecule has 0 saturated heterocycles. The molecule has 0 saturated carbocycles. The van der Waals surface area contributed by atoms with E-state index in [4.69, 9.17) is 4.74 Å². The first-order valence-corrected chi connectivity index (χ1v) is 4.38. The number of aromatic nitrogens is 1. The molecular weight excluding hydrogens is 178 g/mol. The highest BCUT2D eigenvalue weighted by atomic mass is 16.5. The van der Waals surface area contributed by atoms with Crippen LogP contribution >= 0.6 is 0 Å². The van der Waals surface area contributed by atoms with Gasteiger partial charge >= 0.3 is 0 Å². The van der Waals surface area contributed by atoms with Crippen molar-refractivity contribution in [1.29, 1.82) is 0 Å². The van der Waals surface area contributed by atoms with E-state index >= 15 is 0 Å². The zero-order chi connectivity index (χ0) is 10.1. The van der Waals surface area contributed by atoms with Crippen LogP contribution in [0.25, 0.3) is 10.9 Å². The summed E-state index contributed by atoms with van der Waals surface area (Å²) in [6, 6.07) is 5.20. The second kappa shape index (κ2) is 3.18. The molecule has 1 N–H and O–H groups in total. The lowest BCUT2D eigenvalue weighted by atomic mass is 10.1. The standard InChI is InChI=1S/C11H11NO2/c1-7-5-8-9(6-11(7)14-2)12-4-3-10(8)13/h3-6H,1-2H3,(H,12,13). The molecule has 72 valence electrons. The maximum Gasteiger partial charge on any atom is 0.189 e. The van der Waals surface area contributed by atoms with Gasteiger partial charge in [0.05, 0.1) is 12.6 Å². The Morgan fingerprint density at radius 1 is 1.36 bits per heavy atom. The van der Waals surface area contributed by atoms with Gasteiger partial charge in [0.2, 0.25) is 0 Å². The molecule has 0 radical (unpaired) electrons. The predicted molar refractivity (Wildman–Crippen MR) is 55.9 cm³/mol. The van der Waals surface area contributed by atoms with Crippen LogP contribution in [0, 0.1) is 6.92 Å². The summed E-state index contributed by atoms with van der Waals surface area (Å²) in [5.41, 5.74) is 1.81. The Morgan fingerprint density at radius 2 is 2.14 bits per heavy atom. The lowest BCUT2D eigenvalue weighted by Gasteiger charge is -2.05. The van der Waals surface area contributed by atoms with Gasteiger partial charge in [-0.05, 0) is 18.6 Å². The first kappa shape index (κ1) is 8.81. The Kier molecular flexibility index (Phi) is 2.00. The monoisotopic (exact) mass is 189 g/mol. The second-order valence-corrected chi connectivity index (χ2v) is 3.21. The van der Waals surface area contributed by atoms with Crippen LogP contribution in [-0.2, 0) is 0 Å². The van der Waals surface area contributed by atoms with Crippen molar-refractivity contribution in [3.8, 4) is 5.75 Å². The predicted octanol–water partition coefficient (Wildman–Crippen LogP) is 1.85. The molecule has 0 bridgehead atoms. The third kappa shape index (κ3) is 1.27. The number of pyridine rings is 1. The molecule has 1 heterocycles. The van der Waals surface area contributed by atoms with Crippen LogP contribution in [0.15, 0.2) is 29.2 Å². The van der Waals surface area contributed by atoms with Gasteiger partial charge in [-0.2, -0.15) is 0 Å². The van der Waals surface area contributed by atoms with Crippen molar-refractivity contribution >= 4 is 10.9 Å². The number of methoxy groups -OCH3 is 1. The molecule has 1 aromatic heterocycles. The van der Waals surface area contributed by atoms with E-state index in [1.165, 1.54) is 6.07 Å². The molecule has 2 rings (SSSR count). The molecule has 1 aromatic carbocycles. The van der Waals surface area contributed by atoms with Crippen LogP contribution in [0.1, 0.15) is 5.56 Å². The average Bonchev–Trinajstić information content (AvgIpc) is 2.19. The molecule has 0 unspecified atom stereocenters. The molecule has 0 aliphatic heterocycles. The van der Waals surface area contributed by atoms with Crippen molar-refractivity contribution in [3.05, 3.63) is 40.2 Å². The number of aromatic amines is 1. The highest BCUT2D eigenvalue weighted by molar-refractivity contribution is 5.80. The molecular formula is C11H11NO2. The van der Waals surface area contributed by atoms with Crippen LogP contribution < -0.4 is 10.2 Å². The summed E-state index contributed by atoms with van der Waals surface area (Å²) in [4.78, 5) is 14.5. The summed E-state index contributed by atoms with van der Waals surface area (Å²) in [6.45, 7) is 1.92. The maximum atomic E-state index is 11.5. The average molecular weight is 189 g/mol. The normalized spacial score (nSPS) is 10.4. The van der Waals surface area contributed by atoms with E-state index in [0.717, 1.165) is 16.8 Å². The Balaban J connectivity index is 2.86. The number of benzene rings is 1. The van der Waals surface area contributed by atoms with E-state index < -0.39 is 0 Å². The number of fused-ring (bicyclic) bond motifs is 1. The number of rotatable bonds is 1. The molecule has 3 nitrogen and oxygen atoms in total. The van der Waals surface area contributed by atoms with Gasteiger partial charge < -0.3 is 9.72 Å². The second-order valence-electron chi connectivity index (χ2n) is 3.21. The van der Waals surface area contributed by atoms with Crippen molar-refractivity contribution in [2.75, 3.05) is 7.11 Å². The van der Waals surface area contributed by atoms with Gasteiger partial charge in [0, 0.05) is 23.7 Å². The fourth-order valence-electron chi connectivity index (χ4n) is 1.53. The number of nitrogens with one attached hydrogen (secondary N) is 1. The van der Waals surface area contributed by atoms with Gasteiger partial charge in [0.25, 0.3) is 0 Å². The van der Waals surface area contributed by atoms with E-state index in [1.54, 1.807) is 13.3 Å². The minimum atomic E-state index is 0.0319. The van der Waals surface area contributed by atoms with Gasteiger partial charge in [0.15, 0.2) is 5.43 Å². The fourth-order valence-corrected chi connectivity index (χ4v) is 1.53. The fraction of sp³-hybridized carbons (Fsp3) is 0.182. The summed E-state index contributed by atoms with van der Waals surface area (Å²) < 4.78 is 5.17. The molecule has 0 fully saturated rings. The number of hydrogen-bond donors (Lipinski definition) is 1. The van der Waals surface area contributed by atoms with E-state index in [1.807, 2.05) is 19.1 Å². The van der Waals surface area contributed by atoms with Gasteiger partial charge in [-0.25, -0.2) is 0 Å². The highest BCUT2D eigenvalue weighted by Crippen LogP contribution is 2.21. The van der Waals surface area contributed by atoms with Crippen LogP contribution in [0.5, 0.6) is 5.75 Å². The largest absolute Gasteiger partial charge is 0.496 e. The Bertz CT molecular complexity index is 528. The first-order chi connectivity index (χ1) is 6.72. The number of H-pyrrole nitrogens is 1. The van der Waals surface area contributed by atoms with Crippen LogP contribution in [0.3, 0.4) is 0 Å². The van der Waals surface area contributed by atoms with Crippen molar-refractivity contribution in [2.45, 2.75) is 6.92 Å². The summed E-state index contributed by atoms with van der Waals surface area (Å²) >= 11 is 0. The Hall–Kier alpha value is -1.77. The molecule has 0 aliphatic carbocycles. The molecule has 0 aliphatic rings. The SMILES string of the molecule is COc1cc2[nH]ccc(=O)c2cc1C. The van der Waals surface area contributed by atoms with Gasteiger partial charge in [-0.15, -0.1) is 0 Å². The van der Waals surface area contributed by atoms with E-state index in [0.29, 0.717) is 5.39 Å².